The van der Waals surface area contributed by atoms with Crippen molar-refractivity contribution in [2.75, 3.05) is 6.54 Å². The molecule has 1 aliphatic heterocycles. The molecule has 1 atom stereocenters. The first-order valence-electron chi connectivity index (χ1n) is 7.78. The summed E-state index contributed by atoms with van der Waals surface area (Å²) in [7, 11) is 0. The molecule has 0 saturated heterocycles. The van der Waals surface area contributed by atoms with Crippen molar-refractivity contribution < 1.29 is 14.4 Å². The second-order valence-corrected chi connectivity index (χ2v) is 5.94. The molecule has 122 valence electrons. The molecule has 0 spiro atoms. The molecule has 0 fully saturated rings. The normalized spacial score (nSPS) is 14.5. The standard InChI is InChI=1S/C19H18N2O3/c1-12-7-9-14(10-8-12)13(2)20-17(22)11-21-18(23)15-5-3-4-6-16(15)19(21)24/h3-10,13H,11H2,1-2H3,(H,20,22)/t13-/m0/s1. The predicted molar refractivity (Wildman–Crippen MR) is 89.5 cm³/mol. The van der Waals surface area contributed by atoms with E-state index in [0.717, 1.165) is 16.0 Å². The molecule has 3 amide bonds. The van der Waals surface area contributed by atoms with E-state index in [1.165, 1.54) is 0 Å². The van der Waals surface area contributed by atoms with Crippen LogP contribution in [0.2, 0.25) is 0 Å². The highest BCUT2D eigenvalue weighted by molar-refractivity contribution is 6.22. The number of nitrogens with one attached hydrogen (secondary N) is 1. The zero-order valence-corrected chi connectivity index (χ0v) is 13.6. The lowest BCUT2D eigenvalue weighted by atomic mass is 10.1. The van der Waals surface area contributed by atoms with Crippen LogP contribution in [0, 0.1) is 6.92 Å². The van der Waals surface area contributed by atoms with Crippen molar-refractivity contribution in [1.82, 2.24) is 10.2 Å². The van der Waals surface area contributed by atoms with Crippen LogP contribution < -0.4 is 5.32 Å². The van der Waals surface area contributed by atoms with Crippen LogP contribution in [0.25, 0.3) is 0 Å². The highest BCUT2D eigenvalue weighted by Crippen LogP contribution is 2.22. The van der Waals surface area contributed by atoms with Crippen molar-refractivity contribution >= 4 is 17.7 Å². The van der Waals surface area contributed by atoms with Crippen LogP contribution in [-0.4, -0.2) is 29.2 Å². The summed E-state index contributed by atoms with van der Waals surface area (Å²) < 4.78 is 0. The van der Waals surface area contributed by atoms with Gasteiger partial charge in [-0.3, -0.25) is 19.3 Å². The highest BCUT2D eigenvalue weighted by atomic mass is 16.2. The van der Waals surface area contributed by atoms with Crippen LogP contribution in [0.3, 0.4) is 0 Å². The summed E-state index contributed by atoms with van der Waals surface area (Å²) >= 11 is 0. The third-order valence-corrected chi connectivity index (χ3v) is 4.13. The number of amides is 3. The van der Waals surface area contributed by atoms with E-state index in [1.54, 1.807) is 24.3 Å². The monoisotopic (exact) mass is 322 g/mol. The molecule has 24 heavy (non-hydrogen) atoms. The van der Waals surface area contributed by atoms with Crippen molar-refractivity contribution in [3.63, 3.8) is 0 Å². The lowest BCUT2D eigenvalue weighted by Crippen LogP contribution is -2.41. The highest BCUT2D eigenvalue weighted by Gasteiger charge is 2.36. The number of aryl methyl sites for hydroxylation is 1. The van der Waals surface area contributed by atoms with E-state index in [2.05, 4.69) is 5.32 Å². The Morgan fingerprint density at radius 2 is 1.54 bits per heavy atom. The molecule has 0 unspecified atom stereocenters. The van der Waals surface area contributed by atoms with Crippen LogP contribution in [0.5, 0.6) is 0 Å². The largest absolute Gasteiger partial charge is 0.348 e. The molecule has 1 aliphatic rings. The maximum absolute atomic E-state index is 12.3. The van der Waals surface area contributed by atoms with Gasteiger partial charge in [-0.15, -0.1) is 0 Å². The maximum Gasteiger partial charge on any atom is 0.262 e. The predicted octanol–water partition coefficient (Wildman–Crippen LogP) is 2.47. The minimum absolute atomic E-state index is 0.201. The van der Waals surface area contributed by atoms with Crippen LogP contribution in [0.4, 0.5) is 0 Å². The molecule has 1 N–H and O–H groups in total. The fourth-order valence-electron chi connectivity index (χ4n) is 2.75. The molecular formula is C19H18N2O3. The van der Waals surface area contributed by atoms with E-state index in [1.807, 2.05) is 38.1 Å². The number of benzene rings is 2. The van der Waals surface area contributed by atoms with E-state index < -0.39 is 11.8 Å². The molecule has 3 rings (SSSR count). The van der Waals surface area contributed by atoms with Crippen LogP contribution in [0.1, 0.15) is 44.8 Å². The number of carbonyl (C=O) groups is 3. The van der Waals surface area contributed by atoms with Crippen LogP contribution >= 0.6 is 0 Å². The number of nitrogens with zero attached hydrogens (tertiary/aromatic N) is 1. The van der Waals surface area contributed by atoms with Gasteiger partial charge < -0.3 is 5.32 Å². The Morgan fingerprint density at radius 1 is 1.00 bits per heavy atom. The Labute approximate surface area is 140 Å². The minimum atomic E-state index is -0.422. The Morgan fingerprint density at radius 3 is 2.08 bits per heavy atom. The first-order valence-corrected chi connectivity index (χ1v) is 7.78. The smallest absolute Gasteiger partial charge is 0.262 e. The molecule has 1 heterocycles. The van der Waals surface area contributed by atoms with Gasteiger partial charge in [-0.05, 0) is 31.5 Å². The molecule has 0 aliphatic carbocycles. The van der Waals surface area contributed by atoms with E-state index in [4.69, 9.17) is 0 Å². The molecule has 0 bridgehead atoms. The van der Waals surface area contributed by atoms with E-state index in [9.17, 15) is 14.4 Å². The van der Waals surface area contributed by atoms with Crippen molar-refractivity contribution in [1.29, 1.82) is 0 Å². The summed E-state index contributed by atoms with van der Waals surface area (Å²) in [4.78, 5) is 37.7. The number of fused-ring (bicyclic) bond motifs is 1. The fourth-order valence-corrected chi connectivity index (χ4v) is 2.75. The average molecular weight is 322 g/mol. The Balaban J connectivity index is 1.66. The third-order valence-electron chi connectivity index (χ3n) is 4.13. The van der Waals surface area contributed by atoms with Gasteiger partial charge in [-0.25, -0.2) is 0 Å². The lowest BCUT2D eigenvalue weighted by Gasteiger charge is -2.18. The second kappa shape index (κ2) is 6.28. The summed E-state index contributed by atoms with van der Waals surface area (Å²) in [6.07, 6.45) is 0. The quantitative estimate of drug-likeness (QED) is 0.879. The molecule has 5 nitrogen and oxygen atoms in total. The van der Waals surface area contributed by atoms with Crippen molar-refractivity contribution in [2.24, 2.45) is 0 Å². The fraction of sp³-hybridized carbons (Fsp3) is 0.211. The zero-order chi connectivity index (χ0) is 17.3. The Hall–Kier alpha value is -2.95. The number of carbonyl (C=O) groups excluding carboxylic acids is 3. The van der Waals surface area contributed by atoms with Gasteiger partial charge in [0.05, 0.1) is 17.2 Å². The minimum Gasteiger partial charge on any atom is -0.348 e. The van der Waals surface area contributed by atoms with Crippen molar-refractivity contribution in [3.05, 3.63) is 70.8 Å². The summed E-state index contributed by atoms with van der Waals surface area (Å²) in [5.41, 5.74) is 2.81. The first kappa shape index (κ1) is 15.9. The molecule has 2 aromatic rings. The third kappa shape index (κ3) is 2.93. The Kier molecular flexibility index (Phi) is 4.16. The van der Waals surface area contributed by atoms with Crippen LogP contribution in [0.15, 0.2) is 48.5 Å². The summed E-state index contributed by atoms with van der Waals surface area (Å²) in [6.45, 7) is 3.59. The zero-order valence-electron chi connectivity index (χ0n) is 13.6. The molecule has 0 aromatic heterocycles. The SMILES string of the molecule is Cc1ccc([C@H](C)NC(=O)CN2C(=O)c3ccccc3C2=O)cc1. The second-order valence-electron chi connectivity index (χ2n) is 5.94. The van der Waals surface area contributed by atoms with Crippen molar-refractivity contribution in [2.45, 2.75) is 19.9 Å². The van der Waals surface area contributed by atoms with Gasteiger partial charge in [0.1, 0.15) is 6.54 Å². The van der Waals surface area contributed by atoms with Gasteiger partial charge in [0.15, 0.2) is 0 Å². The first-order chi connectivity index (χ1) is 11.5. The average Bonchev–Trinajstić information content (AvgIpc) is 2.81. The maximum atomic E-state index is 12.3. The van der Waals surface area contributed by atoms with Crippen molar-refractivity contribution in [3.8, 4) is 0 Å². The molecule has 0 saturated carbocycles. The summed E-state index contributed by atoms with van der Waals surface area (Å²) in [5.74, 6) is -1.21. The van der Waals surface area contributed by atoms with Gasteiger partial charge in [0, 0.05) is 0 Å². The number of rotatable bonds is 4. The van der Waals surface area contributed by atoms with Gasteiger partial charge in [0.25, 0.3) is 11.8 Å². The van der Waals surface area contributed by atoms with Gasteiger partial charge in [-0.2, -0.15) is 0 Å². The van der Waals surface area contributed by atoms with E-state index in [-0.39, 0.29) is 18.5 Å². The van der Waals surface area contributed by atoms with E-state index in [0.29, 0.717) is 11.1 Å². The number of hydrogen-bond donors (Lipinski definition) is 1. The number of hydrogen-bond acceptors (Lipinski definition) is 3. The van der Waals surface area contributed by atoms with Crippen LogP contribution in [-0.2, 0) is 4.79 Å². The lowest BCUT2D eigenvalue weighted by molar-refractivity contribution is -0.122. The topological polar surface area (TPSA) is 66.5 Å². The van der Waals surface area contributed by atoms with E-state index >= 15 is 0 Å². The Bertz CT molecular complexity index is 777. The molecule has 0 radical (unpaired) electrons. The van der Waals surface area contributed by atoms with Gasteiger partial charge in [-0.1, -0.05) is 42.0 Å². The summed E-state index contributed by atoms with van der Waals surface area (Å²) in [5, 5.41) is 2.83. The van der Waals surface area contributed by atoms with Gasteiger partial charge >= 0.3 is 0 Å². The summed E-state index contributed by atoms with van der Waals surface area (Å²) in [6, 6.07) is 14.2. The number of imide groups is 1. The molecule has 2 aromatic carbocycles. The molecule has 5 heteroatoms. The van der Waals surface area contributed by atoms with Gasteiger partial charge in [0.2, 0.25) is 5.91 Å². The molecular weight excluding hydrogens is 304 g/mol.